The molecule has 102 valence electrons. The van der Waals surface area contributed by atoms with Gasteiger partial charge in [-0.1, -0.05) is 18.5 Å². The van der Waals surface area contributed by atoms with Crippen molar-refractivity contribution in [3.8, 4) is 0 Å². The lowest BCUT2D eigenvalue weighted by Crippen LogP contribution is -2.05. The summed E-state index contributed by atoms with van der Waals surface area (Å²) in [6.07, 6.45) is 4.08. The number of rotatable bonds is 6. The van der Waals surface area contributed by atoms with E-state index in [1.54, 1.807) is 12.3 Å². The summed E-state index contributed by atoms with van der Waals surface area (Å²) in [4.78, 5) is 19.3. The molecule has 2 aromatic heterocycles. The van der Waals surface area contributed by atoms with Gasteiger partial charge in [0.1, 0.15) is 11.3 Å². The van der Waals surface area contributed by atoms with Gasteiger partial charge in [0.2, 0.25) is 0 Å². The van der Waals surface area contributed by atoms with Gasteiger partial charge in [0.05, 0.1) is 5.02 Å². The molecule has 0 aromatic carbocycles. The molecule has 0 saturated heterocycles. The number of aromatic nitrogens is 3. The van der Waals surface area contributed by atoms with Crippen LogP contribution in [0.1, 0.15) is 32.0 Å². The Morgan fingerprint density at radius 2 is 2.26 bits per heavy atom. The average molecular weight is 282 g/mol. The molecule has 19 heavy (non-hydrogen) atoms. The zero-order valence-electron chi connectivity index (χ0n) is 10.8. The Morgan fingerprint density at radius 1 is 1.47 bits per heavy atom. The Bertz CT molecular complexity index is 595. The number of carbonyl (C=O) groups is 1. The number of fused-ring (bicyclic) bond motifs is 1. The van der Waals surface area contributed by atoms with Gasteiger partial charge in [-0.05, 0) is 18.9 Å². The van der Waals surface area contributed by atoms with Crippen molar-refractivity contribution in [2.45, 2.75) is 39.2 Å². The van der Waals surface area contributed by atoms with Gasteiger partial charge in [-0.2, -0.15) is 0 Å². The molecule has 0 aliphatic heterocycles. The average Bonchev–Trinajstić information content (AvgIpc) is 2.71. The number of aliphatic carboxylic acids is 1. The molecular weight excluding hydrogens is 266 g/mol. The molecule has 6 heteroatoms. The largest absolute Gasteiger partial charge is 0.481 e. The molecule has 0 radical (unpaired) electrons. The van der Waals surface area contributed by atoms with Gasteiger partial charge >= 0.3 is 5.97 Å². The van der Waals surface area contributed by atoms with Crippen LogP contribution in [0.15, 0.2) is 12.3 Å². The normalized spacial score (nSPS) is 11.1. The first-order valence-corrected chi connectivity index (χ1v) is 6.72. The van der Waals surface area contributed by atoms with Crippen LogP contribution in [0.25, 0.3) is 11.2 Å². The first kappa shape index (κ1) is 13.8. The van der Waals surface area contributed by atoms with Gasteiger partial charge in [-0.15, -0.1) is 0 Å². The maximum absolute atomic E-state index is 10.5. The van der Waals surface area contributed by atoms with E-state index in [4.69, 9.17) is 16.7 Å². The predicted octanol–water partition coefficient (Wildman–Crippen LogP) is 2.90. The van der Waals surface area contributed by atoms with Crippen LogP contribution in [-0.4, -0.2) is 25.6 Å². The summed E-state index contributed by atoms with van der Waals surface area (Å²) in [5, 5.41) is 9.20. The van der Waals surface area contributed by atoms with Gasteiger partial charge in [-0.3, -0.25) is 4.79 Å². The van der Waals surface area contributed by atoms with Crippen LogP contribution >= 0.6 is 11.6 Å². The van der Waals surface area contributed by atoms with Crippen LogP contribution in [0, 0.1) is 0 Å². The number of hydrogen-bond donors (Lipinski definition) is 1. The van der Waals surface area contributed by atoms with Gasteiger partial charge in [0.15, 0.2) is 5.65 Å². The third-order valence-corrected chi connectivity index (χ3v) is 3.18. The van der Waals surface area contributed by atoms with Crippen molar-refractivity contribution in [2.75, 3.05) is 0 Å². The molecule has 0 fully saturated rings. The molecule has 0 saturated carbocycles. The molecule has 0 aliphatic carbocycles. The fourth-order valence-corrected chi connectivity index (χ4v) is 2.24. The van der Waals surface area contributed by atoms with Crippen molar-refractivity contribution in [3.63, 3.8) is 0 Å². The Morgan fingerprint density at radius 3 is 2.95 bits per heavy atom. The van der Waals surface area contributed by atoms with E-state index in [0.29, 0.717) is 11.4 Å². The summed E-state index contributed by atoms with van der Waals surface area (Å²) in [6, 6.07) is 1.80. The number of halogens is 1. The predicted molar refractivity (Wildman–Crippen MR) is 73.4 cm³/mol. The van der Waals surface area contributed by atoms with Crippen LogP contribution in [-0.2, 0) is 17.8 Å². The minimum Gasteiger partial charge on any atom is -0.481 e. The summed E-state index contributed by atoms with van der Waals surface area (Å²) in [6.45, 7) is 2.78. The topological polar surface area (TPSA) is 68.0 Å². The molecule has 0 bridgehead atoms. The van der Waals surface area contributed by atoms with Crippen molar-refractivity contribution in [3.05, 3.63) is 23.1 Å². The third-order valence-electron chi connectivity index (χ3n) is 2.97. The Hall–Kier alpha value is -1.62. The fourth-order valence-electron chi connectivity index (χ4n) is 2.08. The summed E-state index contributed by atoms with van der Waals surface area (Å²) in [7, 11) is 0. The molecule has 0 spiro atoms. The molecule has 0 amide bonds. The lowest BCUT2D eigenvalue weighted by atomic mass is 10.2. The highest BCUT2D eigenvalue weighted by Gasteiger charge is 2.10. The number of carboxylic acid groups (broad SMARTS) is 1. The zero-order chi connectivity index (χ0) is 13.8. The van der Waals surface area contributed by atoms with Crippen molar-refractivity contribution in [1.82, 2.24) is 14.5 Å². The van der Waals surface area contributed by atoms with Crippen molar-refractivity contribution in [2.24, 2.45) is 0 Å². The first-order valence-electron chi connectivity index (χ1n) is 6.34. The highest BCUT2D eigenvalue weighted by molar-refractivity contribution is 6.31. The molecular formula is C13H16ClN3O2. The number of carboxylic acids is 1. The van der Waals surface area contributed by atoms with Gasteiger partial charge in [-0.25, -0.2) is 9.97 Å². The fraction of sp³-hybridized carbons (Fsp3) is 0.462. The highest BCUT2D eigenvalue weighted by Crippen LogP contribution is 2.19. The van der Waals surface area contributed by atoms with E-state index in [1.165, 1.54) is 0 Å². The second kappa shape index (κ2) is 6.02. The number of unbranched alkanes of at least 4 members (excludes halogenated alkanes) is 1. The summed E-state index contributed by atoms with van der Waals surface area (Å²) in [5.41, 5.74) is 1.61. The Kier molecular flexibility index (Phi) is 4.37. The standard InChI is InChI=1S/C13H16ClN3O2/c1-2-11-16-10-7-9(14)8-15-13(10)17(11)6-4-3-5-12(18)19/h7-8H,2-6H2,1H3,(H,18,19). The van der Waals surface area contributed by atoms with Gasteiger partial charge in [0.25, 0.3) is 0 Å². The van der Waals surface area contributed by atoms with Crippen LogP contribution in [0.5, 0.6) is 0 Å². The van der Waals surface area contributed by atoms with Crippen LogP contribution in [0.3, 0.4) is 0 Å². The van der Waals surface area contributed by atoms with E-state index < -0.39 is 5.97 Å². The Labute approximate surface area is 116 Å². The minimum atomic E-state index is -0.754. The molecule has 1 N–H and O–H groups in total. The van der Waals surface area contributed by atoms with Crippen LogP contribution < -0.4 is 0 Å². The van der Waals surface area contributed by atoms with E-state index in [0.717, 1.165) is 36.4 Å². The van der Waals surface area contributed by atoms with Crippen LogP contribution in [0.2, 0.25) is 5.02 Å². The highest BCUT2D eigenvalue weighted by atomic mass is 35.5. The number of nitrogens with zero attached hydrogens (tertiary/aromatic N) is 3. The van der Waals surface area contributed by atoms with E-state index in [9.17, 15) is 4.79 Å². The monoisotopic (exact) mass is 281 g/mol. The Balaban J connectivity index is 2.18. The van der Waals surface area contributed by atoms with E-state index >= 15 is 0 Å². The molecule has 2 rings (SSSR count). The molecule has 5 nitrogen and oxygen atoms in total. The van der Waals surface area contributed by atoms with E-state index in [1.807, 2.05) is 11.5 Å². The SMILES string of the molecule is CCc1nc2cc(Cl)cnc2n1CCCCC(=O)O. The third kappa shape index (κ3) is 3.23. The summed E-state index contributed by atoms with van der Waals surface area (Å²) in [5.74, 6) is 0.205. The lowest BCUT2D eigenvalue weighted by molar-refractivity contribution is -0.137. The van der Waals surface area contributed by atoms with E-state index in [2.05, 4.69) is 9.97 Å². The second-order valence-electron chi connectivity index (χ2n) is 4.38. The van der Waals surface area contributed by atoms with Crippen LogP contribution in [0.4, 0.5) is 0 Å². The molecule has 0 atom stereocenters. The van der Waals surface area contributed by atoms with E-state index in [-0.39, 0.29) is 6.42 Å². The van der Waals surface area contributed by atoms with Gasteiger partial charge in [0, 0.05) is 25.6 Å². The maximum Gasteiger partial charge on any atom is 0.303 e. The molecule has 2 heterocycles. The number of aryl methyl sites for hydroxylation is 2. The smallest absolute Gasteiger partial charge is 0.303 e. The molecule has 2 aromatic rings. The molecule has 0 unspecified atom stereocenters. The molecule has 0 aliphatic rings. The van der Waals surface area contributed by atoms with Crippen molar-refractivity contribution >= 4 is 28.7 Å². The zero-order valence-corrected chi connectivity index (χ0v) is 11.5. The first-order chi connectivity index (χ1) is 9.11. The maximum atomic E-state index is 10.5. The van der Waals surface area contributed by atoms with Crippen molar-refractivity contribution in [1.29, 1.82) is 0 Å². The number of imidazole rings is 1. The number of hydrogen-bond acceptors (Lipinski definition) is 3. The van der Waals surface area contributed by atoms with Gasteiger partial charge < -0.3 is 9.67 Å². The lowest BCUT2D eigenvalue weighted by Gasteiger charge is -2.06. The summed E-state index contributed by atoms with van der Waals surface area (Å²) >= 11 is 5.91. The number of pyridine rings is 1. The summed E-state index contributed by atoms with van der Waals surface area (Å²) < 4.78 is 2.05. The quantitative estimate of drug-likeness (QED) is 0.827. The second-order valence-corrected chi connectivity index (χ2v) is 4.82. The minimum absolute atomic E-state index is 0.202. The van der Waals surface area contributed by atoms with Crippen molar-refractivity contribution < 1.29 is 9.90 Å².